The van der Waals surface area contributed by atoms with Crippen molar-refractivity contribution in [2.45, 2.75) is 17.9 Å². The fourth-order valence-electron chi connectivity index (χ4n) is 1.91. The van der Waals surface area contributed by atoms with E-state index in [1.807, 2.05) is 18.4 Å². The first-order chi connectivity index (χ1) is 10.6. The predicted octanol–water partition coefficient (Wildman–Crippen LogP) is 3.04. The van der Waals surface area contributed by atoms with Gasteiger partial charge >= 0.3 is 5.97 Å². The van der Waals surface area contributed by atoms with Crippen molar-refractivity contribution in [3.05, 3.63) is 54.0 Å². The maximum Gasteiger partial charge on any atom is 0.339 e. The van der Waals surface area contributed by atoms with Crippen LogP contribution in [-0.4, -0.2) is 24.7 Å². The number of carbonyl (C=O) groups excluding carboxylic acids is 2. The topological polar surface area (TPSA) is 68.5 Å². The molecule has 0 aliphatic heterocycles. The molecular formula is C16H17NO4S. The number of carbonyl (C=O) groups is 2. The van der Waals surface area contributed by atoms with Gasteiger partial charge in [0.2, 0.25) is 0 Å². The van der Waals surface area contributed by atoms with E-state index in [-0.39, 0.29) is 18.6 Å². The normalized spacial score (nSPS) is 11.7. The molecule has 1 atom stereocenters. The van der Waals surface area contributed by atoms with Crippen molar-refractivity contribution in [3.63, 3.8) is 0 Å². The van der Waals surface area contributed by atoms with Gasteiger partial charge in [-0.2, -0.15) is 0 Å². The van der Waals surface area contributed by atoms with E-state index in [0.29, 0.717) is 11.3 Å². The van der Waals surface area contributed by atoms with E-state index in [1.165, 1.54) is 18.0 Å². The minimum Gasteiger partial charge on any atom is -0.467 e. The summed E-state index contributed by atoms with van der Waals surface area (Å²) in [6, 6.07) is 10.4. The Bertz CT molecular complexity index is 639. The van der Waals surface area contributed by atoms with Gasteiger partial charge in [-0.15, -0.1) is 11.8 Å². The molecule has 1 heterocycles. The number of furan rings is 1. The lowest BCUT2D eigenvalue weighted by Crippen LogP contribution is -2.31. The molecule has 1 aromatic carbocycles. The minimum atomic E-state index is -0.509. The first kappa shape index (κ1) is 16.2. The Hall–Kier alpha value is -2.21. The second-order valence-corrected chi connectivity index (χ2v) is 5.43. The number of benzene rings is 1. The van der Waals surface area contributed by atoms with Crippen molar-refractivity contribution in [3.8, 4) is 0 Å². The van der Waals surface area contributed by atoms with Crippen LogP contribution in [0.15, 0.2) is 52.0 Å². The van der Waals surface area contributed by atoms with E-state index in [0.717, 1.165) is 4.90 Å². The van der Waals surface area contributed by atoms with E-state index >= 15 is 0 Å². The maximum atomic E-state index is 12.0. The van der Waals surface area contributed by atoms with Gasteiger partial charge in [0.15, 0.2) is 6.61 Å². The summed E-state index contributed by atoms with van der Waals surface area (Å²) in [6.07, 6.45) is 3.42. The van der Waals surface area contributed by atoms with E-state index in [4.69, 9.17) is 9.15 Å². The standard InChI is InChI=1S/C16H17NO4S/c1-11(13-7-5-9-20-13)17-15(18)10-21-16(19)12-6-3-4-8-14(12)22-2/h3-9,11H,10H2,1-2H3,(H,17,18)/t11-/m0/s1. The molecule has 1 amide bonds. The predicted molar refractivity (Wildman–Crippen MR) is 83.8 cm³/mol. The quantitative estimate of drug-likeness (QED) is 0.655. The number of esters is 1. The first-order valence-corrected chi connectivity index (χ1v) is 7.97. The van der Waals surface area contributed by atoms with Gasteiger partial charge in [0, 0.05) is 4.90 Å². The Labute approximate surface area is 133 Å². The lowest BCUT2D eigenvalue weighted by Gasteiger charge is -2.12. The zero-order valence-corrected chi connectivity index (χ0v) is 13.2. The van der Waals surface area contributed by atoms with Crippen LogP contribution >= 0.6 is 11.8 Å². The zero-order valence-electron chi connectivity index (χ0n) is 12.4. The molecule has 1 aromatic heterocycles. The minimum absolute atomic E-state index is 0.278. The van der Waals surface area contributed by atoms with E-state index in [2.05, 4.69) is 5.32 Å². The van der Waals surface area contributed by atoms with E-state index < -0.39 is 5.97 Å². The fourth-order valence-corrected chi connectivity index (χ4v) is 2.50. The van der Waals surface area contributed by atoms with E-state index in [1.54, 1.807) is 31.2 Å². The summed E-state index contributed by atoms with van der Waals surface area (Å²) in [5, 5.41) is 2.70. The van der Waals surface area contributed by atoms with Gasteiger partial charge in [0.1, 0.15) is 5.76 Å². The third-order valence-electron chi connectivity index (χ3n) is 3.01. The fraction of sp³-hybridized carbons (Fsp3) is 0.250. The highest BCUT2D eigenvalue weighted by atomic mass is 32.2. The van der Waals surface area contributed by atoms with Crippen LogP contribution in [0.25, 0.3) is 0 Å². The van der Waals surface area contributed by atoms with Crippen LogP contribution in [0.5, 0.6) is 0 Å². The van der Waals surface area contributed by atoms with Gasteiger partial charge in [0.05, 0.1) is 17.9 Å². The molecule has 116 valence electrons. The Morgan fingerprint density at radius 1 is 1.27 bits per heavy atom. The summed E-state index contributed by atoms with van der Waals surface area (Å²) in [6.45, 7) is 1.47. The van der Waals surface area contributed by atoms with Crippen molar-refractivity contribution in [1.29, 1.82) is 0 Å². The Morgan fingerprint density at radius 2 is 2.05 bits per heavy atom. The van der Waals surface area contributed by atoms with Crippen molar-refractivity contribution < 1.29 is 18.7 Å². The van der Waals surface area contributed by atoms with Gasteiger partial charge in [0.25, 0.3) is 5.91 Å². The highest BCUT2D eigenvalue weighted by Crippen LogP contribution is 2.20. The number of hydrogen-bond donors (Lipinski definition) is 1. The third kappa shape index (κ3) is 4.14. The van der Waals surface area contributed by atoms with Crippen molar-refractivity contribution in [2.24, 2.45) is 0 Å². The molecule has 0 bridgehead atoms. The number of ether oxygens (including phenoxy) is 1. The molecule has 22 heavy (non-hydrogen) atoms. The molecule has 2 rings (SSSR count). The molecule has 0 saturated carbocycles. The molecule has 0 radical (unpaired) electrons. The van der Waals surface area contributed by atoms with Gasteiger partial charge in [-0.05, 0) is 37.4 Å². The molecule has 0 saturated heterocycles. The SMILES string of the molecule is CSc1ccccc1C(=O)OCC(=O)N[C@@H](C)c1ccco1. The van der Waals surface area contributed by atoms with E-state index in [9.17, 15) is 9.59 Å². The second-order valence-electron chi connectivity index (χ2n) is 4.58. The number of hydrogen-bond acceptors (Lipinski definition) is 5. The van der Waals surface area contributed by atoms with Crippen LogP contribution < -0.4 is 5.32 Å². The molecule has 0 aliphatic rings. The number of thioether (sulfide) groups is 1. The number of nitrogens with one attached hydrogen (secondary N) is 1. The Kier molecular flexibility index (Phi) is 5.66. The Balaban J connectivity index is 1.87. The van der Waals surface area contributed by atoms with Gasteiger partial charge < -0.3 is 14.5 Å². The summed E-state index contributed by atoms with van der Waals surface area (Å²) in [7, 11) is 0. The van der Waals surface area contributed by atoms with Crippen LogP contribution in [-0.2, 0) is 9.53 Å². The summed E-state index contributed by atoms with van der Waals surface area (Å²) in [5.74, 6) is -0.239. The highest BCUT2D eigenvalue weighted by molar-refractivity contribution is 7.98. The largest absolute Gasteiger partial charge is 0.467 e. The molecule has 1 N–H and O–H groups in total. The molecule has 0 fully saturated rings. The van der Waals surface area contributed by atoms with Crippen LogP contribution in [0, 0.1) is 0 Å². The van der Waals surface area contributed by atoms with Crippen LogP contribution in [0.3, 0.4) is 0 Å². The molecule has 0 unspecified atom stereocenters. The molecule has 5 nitrogen and oxygen atoms in total. The van der Waals surface area contributed by atoms with Gasteiger partial charge in [-0.3, -0.25) is 4.79 Å². The van der Waals surface area contributed by atoms with Crippen molar-refractivity contribution >= 4 is 23.6 Å². The van der Waals surface area contributed by atoms with Crippen molar-refractivity contribution in [1.82, 2.24) is 5.32 Å². The molecule has 0 spiro atoms. The number of amides is 1. The highest BCUT2D eigenvalue weighted by Gasteiger charge is 2.16. The van der Waals surface area contributed by atoms with Crippen molar-refractivity contribution in [2.75, 3.05) is 12.9 Å². The average Bonchev–Trinajstić information content (AvgIpc) is 3.07. The van der Waals surface area contributed by atoms with Gasteiger partial charge in [-0.1, -0.05) is 12.1 Å². The molecule has 2 aromatic rings. The van der Waals surface area contributed by atoms with Crippen LogP contribution in [0.4, 0.5) is 0 Å². The Morgan fingerprint density at radius 3 is 2.73 bits per heavy atom. The maximum absolute atomic E-state index is 12.0. The third-order valence-corrected chi connectivity index (χ3v) is 3.80. The molecule has 0 aliphatic carbocycles. The summed E-state index contributed by atoms with van der Waals surface area (Å²) < 4.78 is 10.3. The summed E-state index contributed by atoms with van der Waals surface area (Å²) >= 11 is 1.45. The smallest absolute Gasteiger partial charge is 0.339 e. The van der Waals surface area contributed by atoms with Crippen LogP contribution in [0.1, 0.15) is 29.1 Å². The molecular weight excluding hydrogens is 302 g/mol. The molecule has 6 heteroatoms. The lowest BCUT2D eigenvalue weighted by atomic mass is 10.2. The zero-order chi connectivity index (χ0) is 15.9. The van der Waals surface area contributed by atoms with Crippen LogP contribution in [0.2, 0.25) is 0 Å². The lowest BCUT2D eigenvalue weighted by molar-refractivity contribution is -0.125. The average molecular weight is 319 g/mol. The first-order valence-electron chi connectivity index (χ1n) is 6.74. The second kappa shape index (κ2) is 7.70. The summed E-state index contributed by atoms with van der Waals surface area (Å²) in [5.41, 5.74) is 0.460. The number of rotatable bonds is 6. The van der Waals surface area contributed by atoms with Gasteiger partial charge in [-0.25, -0.2) is 4.79 Å². The monoisotopic (exact) mass is 319 g/mol. The summed E-state index contributed by atoms with van der Waals surface area (Å²) in [4.78, 5) is 24.6.